The number of imidazole rings is 1. The van der Waals surface area contributed by atoms with Gasteiger partial charge in [0, 0.05) is 18.2 Å². The first kappa shape index (κ1) is 14.7. The number of rotatable bonds is 4. The van der Waals surface area contributed by atoms with E-state index in [1.165, 1.54) is 7.11 Å². The zero-order chi connectivity index (χ0) is 16.7. The van der Waals surface area contributed by atoms with Crippen molar-refractivity contribution in [3.63, 3.8) is 0 Å². The highest BCUT2D eigenvalue weighted by Crippen LogP contribution is 2.45. The van der Waals surface area contributed by atoms with Gasteiger partial charge < -0.3 is 9.47 Å². The van der Waals surface area contributed by atoms with Crippen molar-refractivity contribution in [3.8, 4) is 17.3 Å². The topological polar surface area (TPSA) is 65.7 Å². The number of carbonyl (C=O) groups excluding carboxylic acids is 1. The molecular weight excluding hydrogens is 306 g/mol. The van der Waals surface area contributed by atoms with Gasteiger partial charge in [-0.1, -0.05) is 6.07 Å². The van der Waals surface area contributed by atoms with Gasteiger partial charge in [-0.3, -0.25) is 9.38 Å². The van der Waals surface area contributed by atoms with Gasteiger partial charge in [-0.15, -0.1) is 0 Å². The number of methoxy groups -OCH3 is 2. The van der Waals surface area contributed by atoms with E-state index in [4.69, 9.17) is 14.5 Å². The summed E-state index contributed by atoms with van der Waals surface area (Å²) < 4.78 is 12.3. The standard InChI is InChI=1S/C18H17N3O3/c1-23-15-10-12(18(22)24-2)9-14-20-16(13-5-3-4-8-19-13)17(21(14)15)11-6-7-11/h3-5,8-11H,6-7H2,1-2H3. The van der Waals surface area contributed by atoms with Gasteiger partial charge in [0.25, 0.3) is 0 Å². The summed E-state index contributed by atoms with van der Waals surface area (Å²) in [6, 6.07) is 9.19. The molecule has 1 fully saturated rings. The molecular formula is C18H17N3O3. The summed E-state index contributed by atoms with van der Waals surface area (Å²) in [6.45, 7) is 0. The van der Waals surface area contributed by atoms with Crippen LogP contribution in [0, 0.1) is 0 Å². The number of fused-ring (bicyclic) bond motifs is 1. The third kappa shape index (κ3) is 2.31. The van der Waals surface area contributed by atoms with Gasteiger partial charge in [-0.05, 0) is 31.0 Å². The second kappa shape index (κ2) is 5.63. The molecule has 1 saturated carbocycles. The van der Waals surface area contributed by atoms with Gasteiger partial charge in [0.15, 0.2) is 5.88 Å². The second-order valence-corrected chi connectivity index (χ2v) is 5.81. The van der Waals surface area contributed by atoms with Crippen molar-refractivity contribution in [2.75, 3.05) is 14.2 Å². The predicted octanol–water partition coefficient (Wildman–Crippen LogP) is 3.07. The molecule has 122 valence electrons. The van der Waals surface area contributed by atoms with Gasteiger partial charge in [0.2, 0.25) is 0 Å². The van der Waals surface area contributed by atoms with E-state index in [9.17, 15) is 4.79 Å². The fourth-order valence-electron chi connectivity index (χ4n) is 2.97. The lowest BCUT2D eigenvalue weighted by Crippen LogP contribution is -2.05. The highest BCUT2D eigenvalue weighted by Gasteiger charge is 2.32. The lowest BCUT2D eigenvalue weighted by molar-refractivity contribution is 0.0600. The summed E-state index contributed by atoms with van der Waals surface area (Å²) >= 11 is 0. The van der Waals surface area contributed by atoms with Crippen molar-refractivity contribution < 1.29 is 14.3 Å². The quantitative estimate of drug-likeness (QED) is 0.690. The molecule has 0 amide bonds. The minimum absolute atomic E-state index is 0.411. The molecule has 0 spiro atoms. The number of ether oxygens (including phenoxy) is 2. The molecule has 3 heterocycles. The number of hydrogen-bond donors (Lipinski definition) is 0. The van der Waals surface area contributed by atoms with Crippen molar-refractivity contribution in [1.29, 1.82) is 0 Å². The van der Waals surface area contributed by atoms with E-state index in [0.717, 1.165) is 29.9 Å². The van der Waals surface area contributed by atoms with Gasteiger partial charge in [0.05, 0.1) is 31.2 Å². The first-order chi connectivity index (χ1) is 11.7. The molecule has 3 aromatic rings. The highest BCUT2D eigenvalue weighted by atomic mass is 16.5. The average Bonchev–Trinajstić information content (AvgIpc) is 3.40. The Balaban J connectivity index is 2.01. The minimum Gasteiger partial charge on any atom is -0.482 e. The zero-order valence-corrected chi connectivity index (χ0v) is 13.5. The van der Waals surface area contributed by atoms with Crippen LogP contribution in [0.25, 0.3) is 17.0 Å². The zero-order valence-electron chi connectivity index (χ0n) is 13.5. The van der Waals surface area contributed by atoms with E-state index in [-0.39, 0.29) is 0 Å². The molecule has 0 aromatic carbocycles. The molecule has 0 aliphatic heterocycles. The largest absolute Gasteiger partial charge is 0.482 e. The summed E-state index contributed by atoms with van der Waals surface area (Å²) in [7, 11) is 2.95. The fraction of sp³-hybridized carbons (Fsp3) is 0.278. The normalized spacial score (nSPS) is 13.9. The van der Waals surface area contributed by atoms with E-state index in [1.807, 2.05) is 22.6 Å². The van der Waals surface area contributed by atoms with E-state index in [0.29, 0.717) is 23.0 Å². The Bertz CT molecular complexity index is 914. The molecule has 6 nitrogen and oxygen atoms in total. The first-order valence-corrected chi connectivity index (χ1v) is 7.83. The Morgan fingerprint density at radius 1 is 1.25 bits per heavy atom. The molecule has 4 rings (SSSR count). The van der Waals surface area contributed by atoms with Crippen molar-refractivity contribution in [2.24, 2.45) is 0 Å². The van der Waals surface area contributed by atoms with E-state index in [1.54, 1.807) is 25.4 Å². The molecule has 0 unspecified atom stereocenters. The number of pyridine rings is 2. The Kier molecular flexibility index (Phi) is 3.45. The van der Waals surface area contributed by atoms with E-state index >= 15 is 0 Å². The molecule has 6 heteroatoms. The van der Waals surface area contributed by atoms with Crippen LogP contribution in [0.15, 0.2) is 36.5 Å². The molecule has 0 bridgehead atoms. The molecule has 1 aliphatic carbocycles. The average molecular weight is 323 g/mol. The van der Waals surface area contributed by atoms with Crippen molar-refractivity contribution in [2.45, 2.75) is 18.8 Å². The third-order valence-electron chi connectivity index (χ3n) is 4.22. The van der Waals surface area contributed by atoms with Crippen molar-refractivity contribution in [3.05, 3.63) is 47.8 Å². The summed E-state index contributed by atoms with van der Waals surface area (Å²) in [5.74, 6) is 0.602. The van der Waals surface area contributed by atoms with Crippen LogP contribution in [0.5, 0.6) is 5.88 Å². The lowest BCUT2D eigenvalue weighted by atomic mass is 10.1. The van der Waals surface area contributed by atoms with Crippen LogP contribution >= 0.6 is 0 Å². The molecule has 24 heavy (non-hydrogen) atoms. The Morgan fingerprint density at radius 2 is 2.08 bits per heavy atom. The maximum atomic E-state index is 11.9. The van der Waals surface area contributed by atoms with Crippen LogP contribution in [-0.2, 0) is 4.74 Å². The fourth-order valence-corrected chi connectivity index (χ4v) is 2.97. The van der Waals surface area contributed by atoms with E-state index < -0.39 is 5.97 Å². The Morgan fingerprint density at radius 3 is 2.71 bits per heavy atom. The third-order valence-corrected chi connectivity index (χ3v) is 4.22. The number of carbonyl (C=O) groups is 1. The van der Waals surface area contributed by atoms with Crippen LogP contribution < -0.4 is 4.74 Å². The van der Waals surface area contributed by atoms with Crippen molar-refractivity contribution >= 4 is 11.6 Å². The Hall–Kier alpha value is -2.89. The smallest absolute Gasteiger partial charge is 0.338 e. The van der Waals surface area contributed by atoms with Crippen molar-refractivity contribution in [1.82, 2.24) is 14.4 Å². The second-order valence-electron chi connectivity index (χ2n) is 5.81. The first-order valence-electron chi connectivity index (χ1n) is 7.83. The van der Waals surface area contributed by atoms with Gasteiger partial charge in [-0.2, -0.15) is 0 Å². The Labute approximate surface area is 139 Å². The molecule has 1 aliphatic rings. The summed E-state index contributed by atoms with van der Waals surface area (Å²) in [6.07, 6.45) is 4.00. The summed E-state index contributed by atoms with van der Waals surface area (Å²) in [5, 5.41) is 0. The molecule has 0 N–H and O–H groups in total. The van der Waals surface area contributed by atoms with Crippen LogP contribution in [-0.4, -0.2) is 34.6 Å². The SMILES string of the molecule is COC(=O)c1cc(OC)n2c(C3CC3)c(-c3ccccn3)nc2c1. The van der Waals surface area contributed by atoms with Crippen LogP contribution in [0.4, 0.5) is 0 Å². The molecule has 0 atom stereocenters. The molecule has 3 aromatic heterocycles. The lowest BCUT2D eigenvalue weighted by Gasteiger charge is -2.10. The maximum Gasteiger partial charge on any atom is 0.338 e. The number of nitrogens with zero attached hydrogens (tertiary/aromatic N) is 3. The highest BCUT2D eigenvalue weighted by molar-refractivity contribution is 5.91. The van der Waals surface area contributed by atoms with Crippen LogP contribution in [0.2, 0.25) is 0 Å². The molecule has 0 saturated heterocycles. The maximum absolute atomic E-state index is 11.9. The van der Waals surface area contributed by atoms with E-state index in [2.05, 4.69) is 4.98 Å². The van der Waals surface area contributed by atoms with Crippen LogP contribution in [0.1, 0.15) is 34.8 Å². The summed E-state index contributed by atoms with van der Waals surface area (Å²) in [5.41, 5.74) is 3.85. The van der Waals surface area contributed by atoms with Crippen LogP contribution in [0.3, 0.4) is 0 Å². The monoisotopic (exact) mass is 323 g/mol. The van der Waals surface area contributed by atoms with Gasteiger partial charge in [-0.25, -0.2) is 9.78 Å². The summed E-state index contributed by atoms with van der Waals surface area (Å²) in [4.78, 5) is 21.1. The van der Waals surface area contributed by atoms with Gasteiger partial charge in [0.1, 0.15) is 11.3 Å². The molecule has 0 radical (unpaired) electrons. The predicted molar refractivity (Wildman–Crippen MR) is 88.3 cm³/mol. The van der Waals surface area contributed by atoms with Gasteiger partial charge >= 0.3 is 5.97 Å². The minimum atomic E-state index is -0.411. The number of aromatic nitrogens is 3. The number of esters is 1. The number of hydrogen-bond acceptors (Lipinski definition) is 5.